The Morgan fingerprint density at radius 3 is 2.60 bits per heavy atom. The van der Waals surface area contributed by atoms with Gasteiger partial charge in [0.05, 0.1) is 4.90 Å². The fourth-order valence-electron chi connectivity index (χ4n) is 3.05. The first-order chi connectivity index (χ1) is 12.0. The molecule has 25 heavy (non-hydrogen) atoms. The van der Waals surface area contributed by atoms with Crippen LogP contribution in [0.25, 0.3) is 0 Å². The molecule has 2 aromatic rings. The lowest BCUT2D eigenvalue weighted by Gasteiger charge is -2.21. The average molecular weight is 358 g/mol. The smallest absolute Gasteiger partial charge is 0.241 e. The van der Waals surface area contributed by atoms with Crippen molar-refractivity contribution in [2.45, 2.75) is 43.5 Å². The quantitative estimate of drug-likeness (QED) is 0.831. The van der Waals surface area contributed by atoms with Gasteiger partial charge in [0, 0.05) is 18.2 Å². The van der Waals surface area contributed by atoms with Crippen molar-refractivity contribution < 1.29 is 13.2 Å². The van der Waals surface area contributed by atoms with Gasteiger partial charge in [-0.05, 0) is 42.2 Å². The SMILES string of the molecule is CCC[C@@H](NS(=O)(=O)c1ccc2c(c1)CCC(=O)N2)c1ccccc1. The van der Waals surface area contributed by atoms with Crippen LogP contribution < -0.4 is 10.0 Å². The second-order valence-electron chi connectivity index (χ2n) is 6.24. The Hall–Kier alpha value is -2.18. The van der Waals surface area contributed by atoms with Crippen LogP contribution >= 0.6 is 0 Å². The van der Waals surface area contributed by atoms with Crippen molar-refractivity contribution in [2.75, 3.05) is 5.32 Å². The zero-order valence-corrected chi connectivity index (χ0v) is 15.0. The Balaban J connectivity index is 1.87. The molecule has 0 bridgehead atoms. The van der Waals surface area contributed by atoms with E-state index < -0.39 is 10.0 Å². The molecule has 0 aliphatic carbocycles. The first-order valence-electron chi connectivity index (χ1n) is 8.49. The molecule has 0 saturated carbocycles. The van der Waals surface area contributed by atoms with Crippen LogP contribution in [-0.2, 0) is 21.2 Å². The summed E-state index contributed by atoms with van der Waals surface area (Å²) in [6, 6.07) is 14.2. The first kappa shape index (κ1) is 17.6. The molecule has 5 nitrogen and oxygen atoms in total. The summed E-state index contributed by atoms with van der Waals surface area (Å²) >= 11 is 0. The largest absolute Gasteiger partial charge is 0.326 e. The Bertz CT molecular complexity index is 863. The molecular weight excluding hydrogens is 336 g/mol. The number of anilines is 1. The number of sulfonamides is 1. The predicted octanol–water partition coefficient (Wildman–Crippen LogP) is 3.39. The number of hydrogen-bond donors (Lipinski definition) is 2. The summed E-state index contributed by atoms with van der Waals surface area (Å²) in [5, 5.41) is 2.77. The average Bonchev–Trinajstić information content (AvgIpc) is 2.61. The van der Waals surface area contributed by atoms with Crippen LogP contribution in [0.15, 0.2) is 53.4 Å². The summed E-state index contributed by atoms with van der Waals surface area (Å²) < 4.78 is 28.5. The lowest BCUT2D eigenvalue weighted by molar-refractivity contribution is -0.116. The fourth-order valence-corrected chi connectivity index (χ4v) is 4.36. The van der Waals surface area contributed by atoms with E-state index in [0.29, 0.717) is 18.5 Å². The third-order valence-corrected chi connectivity index (χ3v) is 5.83. The molecule has 2 N–H and O–H groups in total. The summed E-state index contributed by atoms with van der Waals surface area (Å²) in [5.74, 6) is -0.0340. The molecule has 1 amide bonds. The molecule has 0 spiro atoms. The minimum absolute atomic E-state index is 0.0340. The van der Waals surface area contributed by atoms with Gasteiger partial charge in [-0.25, -0.2) is 13.1 Å². The highest BCUT2D eigenvalue weighted by Crippen LogP contribution is 2.27. The van der Waals surface area contributed by atoms with Gasteiger partial charge in [-0.1, -0.05) is 43.7 Å². The lowest BCUT2D eigenvalue weighted by atomic mass is 10.0. The van der Waals surface area contributed by atoms with Crippen molar-refractivity contribution in [1.82, 2.24) is 4.72 Å². The number of fused-ring (bicyclic) bond motifs is 1. The molecule has 0 unspecified atom stereocenters. The standard InChI is InChI=1S/C19H22N2O3S/c1-2-6-18(14-7-4-3-5-8-14)21-25(23,24)16-10-11-17-15(13-16)9-12-19(22)20-17/h3-5,7-8,10-11,13,18,21H,2,6,9,12H2,1H3,(H,20,22)/t18-/m1/s1. The van der Waals surface area contributed by atoms with E-state index in [-0.39, 0.29) is 16.8 Å². The zero-order chi connectivity index (χ0) is 17.9. The number of carbonyl (C=O) groups is 1. The Morgan fingerprint density at radius 2 is 1.88 bits per heavy atom. The second kappa shape index (κ2) is 7.37. The molecule has 6 heteroatoms. The topological polar surface area (TPSA) is 75.3 Å². The number of hydrogen-bond acceptors (Lipinski definition) is 3. The maximum atomic E-state index is 12.8. The number of aryl methyl sites for hydroxylation is 1. The first-order valence-corrected chi connectivity index (χ1v) is 9.98. The Kier molecular flexibility index (Phi) is 5.20. The molecule has 1 heterocycles. The molecule has 2 aromatic carbocycles. The van der Waals surface area contributed by atoms with E-state index in [2.05, 4.69) is 10.0 Å². The molecule has 0 aromatic heterocycles. The van der Waals surface area contributed by atoms with E-state index in [1.165, 1.54) is 0 Å². The maximum absolute atomic E-state index is 12.8. The molecule has 0 fully saturated rings. The van der Waals surface area contributed by atoms with Crippen LogP contribution in [0.3, 0.4) is 0 Å². The highest BCUT2D eigenvalue weighted by atomic mass is 32.2. The van der Waals surface area contributed by atoms with Crippen molar-refractivity contribution in [2.24, 2.45) is 0 Å². The van der Waals surface area contributed by atoms with Gasteiger partial charge in [0.1, 0.15) is 0 Å². The fraction of sp³-hybridized carbons (Fsp3) is 0.316. The van der Waals surface area contributed by atoms with Crippen LogP contribution in [0, 0.1) is 0 Å². The van der Waals surface area contributed by atoms with Crippen molar-refractivity contribution in [3.05, 3.63) is 59.7 Å². The van der Waals surface area contributed by atoms with Crippen LogP contribution in [0.2, 0.25) is 0 Å². The molecule has 1 atom stereocenters. The number of rotatable bonds is 6. The summed E-state index contributed by atoms with van der Waals surface area (Å²) in [6.07, 6.45) is 2.54. The van der Waals surface area contributed by atoms with Gasteiger partial charge in [0.25, 0.3) is 0 Å². The number of amides is 1. The van der Waals surface area contributed by atoms with Crippen LogP contribution in [-0.4, -0.2) is 14.3 Å². The van der Waals surface area contributed by atoms with E-state index in [0.717, 1.165) is 24.0 Å². The predicted molar refractivity (Wildman–Crippen MR) is 97.8 cm³/mol. The zero-order valence-electron chi connectivity index (χ0n) is 14.2. The van der Waals surface area contributed by atoms with E-state index in [9.17, 15) is 13.2 Å². The number of benzene rings is 2. The van der Waals surface area contributed by atoms with E-state index in [4.69, 9.17) is 0 Å². The van der Waals surface area contributed by atoms with E-state index >= 15 is 0 Å². The summed E-state index contributed by atoms with van der Waals surface area (Å²) in [4.78, 5) is 11.7. The highest BCUT2D eigenvalue weighted by Gasteiger charge is 2.23. The number of nitrogens with one attached hydrogen (secondary N) is 2. The van der Waals surface area contributed by atoms with Gasteiger partial charge in [0.2, 0.25) is 15.9 Å². The van der Waals surface area contributed by atoms with E-state index in [1.54, 1.807) is 18.2 Å². The van der Waals surface area contributed by atoms with Gasteiger partial charge in [-0.15, -0.1) is 0 Å². The van der Waals surface area contributed by atoms with Gasteiger partial charge >= 0.3 is 0 Å². The highest BCUT2D eigenvalue weighted by molar-refractivity contribution is 7.89. The van der Waals surface area contributed by atoms with Gasteiger partial charge in [0.15, 0.2) is 0 Å². The summed E-state index contributed by atoms with van der Waals surface area (Å²) in [5.41, 5.74) is 2.51. The lowest BCUT2D eigenvalue weighted by Crippen LogP contribution is -2.29. The molecule has 132 valence electrons. The van der Waals surface area contributed by atoms with Crippen LogP contribution in [0.5, 0.6) is 0 Å². The summed E-state index contributed by atoms with van der Waals surface area (Å²) in [7, 11) is -3.64. The Morgan fingerprint density at radius 1 is 1.12 bits per heavy atom. The van der Waals surface area contributed by atoms with Crippen molar-refractivity contribution in [1.29, 1.82) is 0 Å². The molecule has 3 rings (SSSR count). The van der Waals surface area contributed by atoms with Crippen molar-refractivity contribution >= 4 is 21.6 Å². The monoisotopic (exact) mass is 358 g/mol. The van der Waals surface area contributed by atoms with E-state index in [1.807, 2.05) is 37.3 Å². The Labute approximate surface area is 148 Å². The molecular formula is C19H22N2O3S. The minimum atomic E-state index is -3.64. The van der Waals surface area contributed by atoms with Crippen LogP contribution in [0.4, 0.5) is 5.69 Å². The summed E-state index contributed by atoms with van der Waals surface area (Å²) in [6.45, 7) is 2.03. The third kappa shape index (κ3) is 4.08. The molecule has 0 saturated heterocycles. The molecule has 0 radical (unpaired) electrons. The normalized spacial score (nSPS) is 15.3. The second-order valence-corrected chi connectivity index (χ2v) is 7.95. The van der Waals surface area contributed by atoms with Crippen molar-refractivity contribution in [3.8, 4) is 0 Å². The molecule has 1 aliphatic rings. The minimum Gasteiger partial charge on any atom is -0.326 e. The number of carbonyl (C=O) groups excluding carboxylic acids is 1. The van der Waals surface area contributed by atoms with Crippen molar-refractivity contribution in [3.63, 3.8) is 0 Å². The van der Waals surface area contributed by atoms with Gasteiger partial charge < -0.3 is 5.32 Å². The third-order valence-electron chi connectivity index (χ3n) is 4.36. The van der Waals surface area contributed by atoms with Crippen LogP contribution in [0.1, 0.15) is 43.4 Å². The van der Waals surface area contributed by atoms with Gasteiger partial charge in [-0.3, -0.25) is 4.79 Å². The maximum Gasteiger partial charge on any atom is 0.241 e. The van der Waals surface area contributed by atoms with Gasteiger partial charge in [-0.2, -0.15) is 0 Å². The molecule has 1 aliphatic heterocycles.